The highest BCUT2D eigenvalue weighted by molar-refractivity contribution is 5.82. The maximum absolute atomic E-state index is 13.4. The van der Waals surface area contributed by atoms with Gasteiger partial charge in [-0.1, -0.05) is 27.7 Å². The summed E-state index contributed by atoms with van der Waals surface area (Å²) in [6.45, 7) is 10.2. The number of aliphatic hydroxyl groups excluding tert-OH is 9. The lowest BCUT2D eigenvalue weighted by molar-refractivity contribution is -0.379. The van der Waals surface area contributed by atoms with E-state index in [0.29, 0.717) is 19.3 Å². The Morgan fingerprint density at radius 1 is 0.729 bits per heavy atom. The molecular formula is C42H70O17. The SMILES string of the molecule is CC(C)(O)[C@H](O)C1C[C@](O)([C@H]2CC[C@]3(C)[C@@H]2CCC2[C@@]4(C)CCC(O[C@@H]5O[C@H](CO)[C@@H](O)[C@H](O)[C@H]5O[C@@H]5O[C@H](CO)[C@@H](O)[C@H](O)[C@H]5O)[C@](C)(CO)C4CC[C@]23C)C(=O)O1. The van der Waals surface area contributed by atoms with Crippen LogP contribution in [0, 0.1) is 45.3 Å². The normalized spacial score (nSPS) is 54.6. The fourth-order valence-electron chi connectivity index (χ4n) is 14.0. The van der Waals surface area contributed by atoms with Gasteiger partial charge in [0.05, 0.1) is 31.5 Å². The Morgan fingerprint density at radius 3 is 1.95 bits per heavy atom. The van der Waals surface area contributed by atoms with Gasteiger partial charge in [0, 0.05) is 17.8 Å². The summed E-state index contributed by atoms with van der Waals surface area (Å²) in [5.74, 6) is -0.951. The van der Waals surface area contributed by atoms with Crippen molar-refractivity contribution in [2.45, 2.75) is 190 Å². The van der Waals surface area contributed by atoms with Crippen molar-refractivity contribution in [3.63, 3.8) is 0 Å². The second-order valence-corrected chi connectivity index (χ2v) is 20.8. The number of esters is 1. The predicted molar refractivity (Wildman–Crippen MR) is 203 cm³/mol. The lowest BCUT2D eigenvalue weighted by Crippen LogP contribution is -2.67. The molecule has 0 spiro atoms. The van der Waals surface area contributed by atoms with Gasteiger partial charge in [0.1, 0.15) is 61.0 Å². The standard InChI is InChI=1S/C42H70O17/c1-37(2,53)33(51)21-15-42(54,36(52)57-21)20-9-13-40(5)19(20)7-8-25-38(3)12-11-26(39(4,18-45)24(38)10-14-41(25,40)6)58-35-32(30(49)28(47)23(17-44)56-35)59-34-31(50)29(48)27(46)22(16-43)55-34/h19-35,43-51,53-54H,7-18H2,1-6H3/t19-,20+,21?,22-,23-,24?,25?,26?,27-,28-,29+,30+,31-,32-,33-,34+,35+,38+,39-,40-,41-,42+/m1/s1. The van der Waals surface area contributed by atoms with Gasteiger partial charge in [-0.15, -0.1) is 0 Å². The number of rotatable bonds is 10. The Hall–Kier alpha value is -1.13. The Bertz CT molecular complexity index is 1530. The third kappa shape index (κ3) is 6.96. The Morgan fingerprint density at radius 2 is 1.34 bits per heavy atom. The molecule has 0 amide bonds. The van der Waals surface area contributed by atoms with Crippen molar-refractivity contribution in [2.24, 2.45) is 45.3 Å². The lowest BCUT2D eigenvalue weighted by atomic mass is 9.35. The van der Waals surface area contributed by atoms with Gasteiger partial charge < -0.3 is 79.9 Å². The minimum absolute atomic E-state index is 0.00806. The molecular weight excluding hydrogens is 776 g/mol. The Balaban J connectivity index is 1.11. The van der Waals surface area contributed by atoms with Crippen LogP contribution in [0.1, 0.15) is 99.3 Å². The van der Waals surface area contributed by atoms with Crippen LogP contribution in [-0.4, -0.2) is 173 Å². The molecule has 3 aliphatic heterocycles. The van der Waals surface area contributed by atoms with Crippen LogP contribution in [0.4, 0.5) is 0 Å². The summed E-state index contributed by atoms with van der Waals surface area (Å²) in [6.07, 6.45) is -13.3. The lowest BCUT2D eigenvalue weighted by Gasteiger charge is -2.70. The van der Waals surface area contributed by atoms with Gasteiger partial charge in [0.2, 0.25) is 0 Å². The van der Waals surface area contributed by atoms with Gasteiger partial charge in [-0.25, -0.2) is 4.79 Å². The van der Waals surface area contributed by atoms with Crippen LogP contribution in [0.3, 0.4) is 0 Å². The zero-order chi connectivity index (χ0) is 43.4. The predicted octanol–water partition coefficient (Wildman–Crippen LogP) is -1.17. The topological polar surface area (TPSA) is 286 Å². The number of hydrogen-bond acceptors (Lipinski definition) is 17. The van der Waals surface area contributed by atoms with Gasteiger partial charge in [-0.05, 0) is 99.2 Å². The average Bonchev–Trinajstić information content (AvgIpc) is 3.71. The van der Waals surface area contributed by atoms with Crippen LogP contribution in [0.5, 0.6) is 0 Å². The van der Waals surface area contributed by atoms with Gasteiger partial charge in [-0.3, -0.25) is 0 Å². The molecule has 340 valence electrons. The average molecular weight is 847 g/mol. The molecule has 17 heteroatoms. The quantitative estimate of drug-likeness (QED) is 0.0913. The van der Waals surface area contributed by atoms with Gasteiger partial charge in [0.25, 0.3) is 0 Å². The van der Waals surface area contributed by atoms with Gasteiger partial charge >= 0.3 is 5.97 Å². The van der Waals surface area contributed by atoms with E-state index >= 15 is 0 Å². The third-order valence-electron chi connectivity index (χ3n) is 17.6. The van der Waals surface area contributed by atoms with E-state index in [1.807, 2.05) is 6.92 Å². The van der Waals surface area contributed by atoms with Crippen molar-refractivity contribution in [2.75, 3.05) is 19.8 Å². The second kappa shape index (κ2) is 15.8. The van der Waals surface area contributed by atoms with Crippen molar-refractivity contribution in [1.29, 1.82) is 0 Å². The van der Waals surface area contributed by atoms with Crippen LogP contribution in [0.25, 0.3) is 0 Å². The number of hydrogen-bond donors (Lipinski definition) is 11. The molecule has 0 bridgehead atoms. The number of ether oxygens (including phenoxy) is 5. The first-order chi connectivity index (χ1) is 27.5. The molecule has 4 saturated carbocycles. The minimum atomic E-state index is -1.81. The van der Waals surface area contributed by atoms with Gasteiger partial charge in [-0.2, -0.15) is 0 Å². The largest absolute Gasteiger partial charge is 0.457 e. The minimum Gasteiger partial charge on any atom is -0.457 e. The number of carbonyl (C=O) groups is 1. The van der Waals surface area contributed by atoms with Crippen molar-refractivity contribution in [3.8, 4) is 0 Å². The molecule has 7 fully saturated rings. The molecule has 4 aliphatic carbocycles. The highest BCUT2D eigenvalue weighted by atomic mass is 16.8. The molecule has 0 aromatic carbocycles. The zero-order valence-corrected chi connectivity index (χ0v) is 35.2. The summed E-state index contributed by atoms with van der Waals surface area (Å²) < 4.78 is 29.7. The molecule has 11 N–H and O–H groups in total. The fraction of sp³-hybridized carbons (Fsp3) is 0.976. The van der Waals surface area contributed by atoms with Crippen LogP contribution in [-0.2, 0) is 28.5 Å². The van der Waals surface area contributed by atoms with Crippen molar-refractivity contribution >= 4 is 5.97 Å². The Labute approximate surface area is 345 Å². The molecule has 4 unspecified atom stereocenters. The van der Waals surface area contributed by atoms with Crippen molar-refractivity contribution in [1.82, 2.24) is 0 Å². The highest BCUT2D eigenvalue weighted by Gasteiger charge is 2.72. The molecule has 0 radical (unpaired) electrons. The van der Waals surface area contributed by atoms with Crippen molar-refractivity contribution in [3.05, 3.63) is 0 Å². The molecule has 7 rings (SSSR count). The maximum Gasteiger partial charge on any atom is 0.338 e. The van der Waals surface area contributed by atoms with Crippen LogP contribution < -0.4 is 0 Å². The van der Waals surface area contributed by atoms with Gasteiger partial charge in [0.15, 0.2) is 18.2 Å². The van der Waals surface area contributed by atoms with E-state index < -0.39 is 116 Å². The van der Waals surface area contributed by atoms with E-state index in [-0.39, 0.29) is 52.9 Å². The highest BCUT2D eigenvalue weighted by Crippen LogP contribution is 2.76. The molecule has 3 saturated heterocycles. The summed E-state index contributed by atoms with van der Waals surface area (Å²) >= 11 is 0. The molecule has 17 nitrogen and oxygen atoms in total. The molecule has 59 heavy (non-hydrogen) atoms. The molecule has 0 aromatic heterocycles. The monoisotopic (exact) mass is 846 g/mol. The molecule has 22 atom stereocenters. The first kappa shape index (κ1) is 45.9. The summed E-state index contributed by atoms with van der Waals surface area (Å²) in [6, 6.07) is 0. The van der Waals surface area contributed by atoms with Crippen LogP contribution >= 0.6 is 0 Å². The summed E-state index contributed by atoms with van der Waals surface area (Å²) in [5, 5.41) is 118. The van der Waals surface area contributed by atoms with E-state index in [4.69, 9.17) is 23.7 Å². The molecule has 3 heterocycles. The summed E-state index contributed by atoms with van der Waals surface area (Å²) in [4.78, 5) is 13.4. The smallest absolute Gasteiger partial charge is 0.338 e. The molecule has 7 aliphatic rings. The number of fused-ring (bicyclic) bond motifs is 5. The number of cyclic esters (lactones) is 1. The van der Waals surface area contributed by atoms with E-state index in [0.717, 1.165) is 32.1 Å². The molecule has 0 aromatic rings. The van der Waals surface area contributed by atoms with E-state index in [2.05, 4.69) is 20.8 Å². The van der Waals surface area contributed by atoms with Crippen LogP contribution in [0.2, 0.25) is 0 Å². The fourth-order valence-corrected chi connectivity index (χ4v) is 14.0. The van der Waals surface area contributed by atoms with Crippen LogP contribution in [0.15, 0.2) is 0 Å². The number of aliphatic hydroxyl groups is 11. The third-order valence-corrected chi connectivity index (χ3v) is 17.6. The van der Waals surface area contributed by atoms with Crippen molar-refractivity contribution < 1.29 is 84.7 Å². The Kier molecular flexibility index (Phi) is 12.3. The summed E-state index contributed by atoms with van der Waals surface area (Å²) in [7, 11) is 0. The van der Waals surface area contributed by atoms with E-state index in [9.17, 15) is 61.0 Å². The first-order valence-corrected chi connectivity index (χ1v) is 21.7. The van der Waals surface area contributed by atoms with E-state index in [1.165, 1.54) is 13.8 Å². The summed E-state index contributed by atoms with van der Waals surface area (Å²) in [5.41, 5.74) is -4.87. The number of carbonyl (C=O) groups excluding carboxylic acids is 1. The first-order valence-electron chi connectivity index (χ1n) is 21.7. The van der Waals surface area contributed by atoms with E-state index in [1.54, 1.807) is 0 Å². The zero-order valence-electron chi connectivity index (χ0n) is 35.2. The maximum atomic E-state index is 13.4. The second-order valence-electron chi connectivity index (χ2n) is 20.8.